The molecule has 0 unspecified atom stereocenters. The minimum atomic E-state index is -0.991. The van der Waals surface area contributed by atoms with Gasteiger partial charge in [0.25, 0.3) is 5.56 Å². The number of thioether (sulfide) groups is 1. The van der Waals surface area contributed by atoms with Crippen molar-refractivity contribution in [2.24, 2.45) is 11.8 Å². The van der Waals surface area contributed by atoms with Gasteiger partial charge in [-0.25, -0.2) is 9.97 Å². The van der Waals surface area contributed by atoms with Crippen molar-refractivity contribution in [2.75, 3.05) is 11.1 Å². The van der Waals surface area contributed by atoms with Crippen LogP contribution in [0.15, 0.2) is 33.0 Å². The molecule has 3 aromatic rings. The summed E-state index contributed by atoms with van der Waals surface area (Å²) in [5.41, 5.74) is 0.518. The summed E-state index contributed by atoms with van der Waals surface area (Å²) in [6.07, 6.45) is 4.20. The van der Waals surface area contributed by atoms with Crippen molar-refractivity contribution < 1.29 is 14.7 Å². The van der Waals surface area contributed by atoms with E-state index in [0.29, 0.717) is 39.9 Å². The quantitative estimate of drug-likeness (QED) is 0.422. The van der Waals surface area contributed by atoms with E-state index in [0.717, 1.165) is 12.8 Å². The summed E-state index contributed by atoms with van der Waals surface area (Å²) in [4.78, 5) is 45.0. The number of anilines is 1. The molecule has 0 aliphatic heterocycles. The van der Waals surface area contributed by atoms with E-state index in [4.69, 9.17) is 0 Å². The Bertz CT molecular complexity index is 1100. The van der Waals surface area contributed by atoms with Crippen molar-refractivity contribution in [1.82, 2.24) is 14.5 Å². The molecule has 1 fully saturated rings. The number of carboxylic acids is 1. The van der Waals surface area contributed by atoms with Gasteiger partial charge in [0, 0.05) is 24.1 Å². The third kappa shape index (κ3) is 4.73. The fourth-order valence-corrected chi connectivity index (χ4v) is 5.74. The number of carboxylic acid groups (broad SMARTS) is 1. The highest BCUT2D eigenvalue weighted by Gasteiger charge is 2.24. The van der Waals surface area contributed by atoms with Crippen molar-refractivity contribution in [1.29, 1.82) is 0 Å². The van der Waals surface area contributed by atoms with Crippen LogP contribution >= 0.6 is 34.4 Å². The number of fused-ring (bicyclic) bond motifs is 1. The van der Waals surface area contributed by atoms with Gasteiger partial charge in [0.1, 0.15) is 4.70 Å². The van der Waals surface area contributed by atoms with Gasteiger partial charge in [-0.3, -0.25) is 14.2 Å². The number of amides is 1. The summed E-state index contributed by atoms with van der Waals surface area (Å²) in [6.45, 7) is 0.468. The number of carbonyl (C=O) groups excluding carboxylic acids is 2. The van der Waals surface area contributed by atoms with Crippen molar-refractivity contribution in [2.45, 2.75) is 37.4 Å². The smallest absolute Gasteiger partial charge is 0.272 e. The van der Waals surface area contributed by atoms with Gasteiger partial charge in [-0.2, -0.15) is 0 Å². The number of nitrogens with zero attached hydrogens (tertiary/aromatic N) is 3. The second kappa shape index (κ2) is 9.27. The van der Waals surface area contributed by atoms with Crippen LogP contribution in [-0.2, 0) is 16.1 Å². The van der Waals surface area contributed by atoms with Crippen LogP contribution in [-0.4, -0.2) is 32.2 Å². The molecule has 30 heavy (non-hydrogen) atoms. The lowest BCUT2D eigenvalue weighted by Gasteiger charge is -2.29. The fraction of sp³-hybridized carbons (Fsp3) is 0.421. The zero-order valence-electron chi connectivity index (χ0n) is 15.9. The maximum atomic E-state index is 13.1. The monoisotopic (exact) mass is 463 g/mol. The summed E-state index contributed by atoms with van der Waals surface area (Å²) in [7, 11) is 0. The molecule has 0 atom stereocenters. The molecule has 1 amide bonds. The average molecular weight is 464 g/mol. The van der Waals surface area contributed by atoms with E-state index >= 15 is 0 Å². The van der Waals surface area contributed by atoms with Gasteiger partial charge in [-0.15, -0.1) is 22.7 Å². The second-order valence-electron chi connectivity index (χ2n) is 7.16. The molecule has 0 spiro atoms. The minimum absolute atomic E-state index is 0.110. The summed E-state index contributed by atoms with van der Waals surface area (Å²) in [6, 6.07) is 1.80. The molecule has 4 rings (SSSR count). The number of aliphatic carboxylic acids is 1. The Morgan fingerprint density at radius 3 is 2.73 bits per heavy atom. The highest BCUT2D eigenvalue weighted by atomic mass is 32.2. The van der Waals surface area contributed by atoms with E-state index in [9.17, 15) is 19.5 Å². The Hall–Kier alpha value is -2.24. The number of nitrogens with one attached hydrogen (secondary N) is 1. The molecule has 1 aliphatic carbocycles. The van der Waals surface area contributed by atoms with Crippen molar-refractivity contribution in [3.05, 3.63) is 33.4 Å². The van der Waals surface area contributed by atoms with Crippen molar-refractivity contribution in [3.63, 3.8) is 0 Å². The molecule has 1 N–H and O–H groups in total. The van der Waals surface area contributed by atoms with Crippen LogP contribution in [0.5, 0.6) is 0 Å². The Kier molecular flexibility index (Phi) is 6.49. The van der Waals surface area contributed by atoms with Crippen molar-refractivity contribution in [3.8, 4) is 0 Å². The molecule has 3 aromatic heterocycles. The van der Waals surface area contributed by atoms with Gasteiger partial charge in [0.15, 0.2) is 10.3 Å². The third-order valence-electron chi connectivity index (χ3n) is 5.16. The second-order valence-corrected chi connectivity index (χ2v) is 9.91. The van der Waals surface area contributed by atoms with E-state index < -0.39 is 11.9 Å². The van der Waals surface area contributed by atoms with E-state index in [1.807, 2.05) is 5.38 Å². The Morgan fingerprint density at radius 2 is 2.03 bits per heavy atom. The number of rotatable bonds is 7. The average Bonchev–Trinajstić information content (AvgIpc) is 3.41. The molecule has 8 nitrogen and oxygen atoms in total. The first-order chi connectivity index (χ1) is 14.5. The maximum Gasteiger partial charge on any atom is 0.272 e. The lowest BCUT2D eigenvalue weighted by atomic mass is 9.82. The highest BCUT2D eigenvalue weighted by molar-refractivity contribution is 7.99. The Morgan fingerprint density at radius 1 is 1.23 bits per heavy atom. The molecule has 0 saturated heterocycles. The molecular formula is C19H19N4O4S3-. The molecule has 158 valence electrons. The van der Waals surface area contributed by atoms with Gasteiger partial charge in [0.2, 0.25) is 5.91 Å². The number of hydrogen-bond acceptors (Lipinski definition) is 9. The summed E-state index contributed by atoms with van der Waals surface area (Å²) in [5, 5.41) is 18.5. The zero-order valence-corrected chi connectivity index (χ0v) is 18.4. The standard InChI is InChI=1S/C19H20N4O4S3/c24-14(22-18-20-6-8-29-18)10-30-19-21-13-5-7-28-15(13)16(25)23(19)9-11-1-3-12(4-2-11)17(26)27/h5-8,11-12H,1-4,9-10H2,(H,26,27)(H,20,22,24)/p-1. The van der Waals surface area contributed by atoms with Gasteiger partial charge in [-0.1, -0.05) is 11.8 Å². The molecular weight excluding hydrogens is 444 g/mol. The summed E-state index contributed by atoms with van der Waals surface area (Å²) >= 11 is 3.91. The molecule has 3 heterocycles. The Balaban J connectivity index is 1.51. The van der Waals surface area contributed by atoms with Crippen LogP contribution in [0.4, 0.5) is 5.13 Å². The molecule has 11 heteroatoms. The number of hydrogen-bond donors (Lipinski definition) is 1. The predicted molar refractivity (Wildman–Crippen MR) is 116 cm³/mol. The molecule has 0 aromatic carbocycles. The van der Waals surface area contributed by atoms with Crippen LogP contribution in [0.2, 0.25) is 0 Å². The van der Waals surface area contributed by atoms with Gasteiger partial charge in [0.05, 0.1) is 11.3 Å². The fourth-order valence-electron chi connectivity index (χ4n) is 3.60. The first-order valence-electron chi connectivity index (χ1n) is 9.52. The third-order valence-corrected chi connectivity index (χ3v) is 7.72. The van der Waals surface area contributed by atoms with E-state index in [1.54, 1.807) is 22.2 Å². The van der Waals surface area contributed by atoms with Crippen LogP contribution in [0, 0.1) is 11.8 Å². The SMILES string of the molecule is O=C(CSc1nc2ccsc2c(=O)n1CC1CCC(C(=O)[O-])CC1)Nc1nccs1. The maximum absolute atomic E-state index is 13.1. The lowest BCUT2D eigenvalue weighted by molar-refractivity contribution is -0.312. The van der Waals surface area contributed by atoms with E-state index in [-0.39, 0.29) is 23.1 Å². The van der Waals surface area contributed by atoms with Crippen LogP contribution in [0.25, 0.3) is 10.2 Å². The number of thiophene rings is 1. The number of aromatic nitrogens is 3. The molecule has 1 aliphatic rings. The first kappa shape index (κ1) is 21.0. The molecule has 0 radical (unpaired) electrons. The normalized spacial score (nSPS) is 19.1. The van der Waals surface area contributed by atoms with E-state index in [1.165, 1.54) is 34.4 Å². The van der Waals surface area contributed by atoms with Crippen LogP contribution in [0.3, 0.4) is 0 Å². The zero-order chi connectivity index (χ0) is 21.1. The van der Waals surface area contributed by atoms with Gasteiger partial charge < -0.3 is 15.2 Å². The van der Waals surface area contributed by atoms with Crippen molar-refractivity contribution >= 4 is 61.7 Å². The Labute approximate surface area is 184 Å². The highest BCUT2D eigenvalue weighted by Crippen LogP contribution is 2.31. The number of thiazole rings is 1. The summed E-state index contributed by atoms with van der Waals surface area (Å²) in [5.74, 6) is -1.30. The topological polar surface area (TPSA) is 117 Å². The number of carbonyl (C=O) groups is 2. The molecule has 1 saturated carbocycles. The summed E-state index contributed by atoms with van der Waals surface area (Å²) < 4.78 is 2.24. The molecule has 0 bridgehead atoms. The first-order valence-corrected chi connectivity index (χ1v) is 12.3. The van der Waals surface area contributed by atoms with Crippen LogP contribution < -0.4 is 16.0 Å². The lowest BCUT2D eigenvalue weighted by Crippen LogP contribution is -2.35. The van der Waals surface area contributed by atoms with Crippen LogP contribution in [0.1, 0.15) is 25.7 Å². The van der Waals surface area contributed by atoms with Gasteiger partial charge in [-0.05, 0) is 49.0 Å². The predicted octanol–water partition coefficient (Wildman–Crippen LogP) is 2.20. The van der Waals surface area contributed by atoms with E-state index in [2.05, 4.69) is 15.3 Å². The largest absolute Gasteiger partial charge is 0.550 e. The minimum Gasteiger partial charge on any atom is -0.550 e. The van der Waals surface area contributed by atoms with Gasteiger partial charge >= 0.3 is 0 Å².